The third-order valence-electron chi connectivity index (χ3n) is 2.98. The summed E-state index contributed by atoms with van der Waals surface area (Å²) in [4.78, 5) is 24.9. The molecule has 0 bridgehead atoms. The number of benzene rings is 1. The summed E-state index contributed by atoms with van der Waals surface area (Å²) in [6.45, 7) is 5.29. The van der Waals surface area contributed by atoms with Crippen molar-refractivity contribution in [3.8, 4) is 11.5 Å². The zero-order chi connectivity index (χ0) is 16.9. The van der Waals surface area contributed by atoms with Gasteiger partial charge in [-0.1, -0.05) is 12.1 Å². The molecule has 0 aliphatic rings. The highest BCUT2D eigenvalue weighted by Crippen LogP contribution is 2.36. The van der Waals surface area contributed by atoms with Crippen LogP contribution in [0.15, 0.2) is 18.2 Å². The number of nitrogens with zero attached hydrogens (tertiary/aromatic N) is 1. The van der Waals surface area contributed by atoms with Crippen LogP contribution in [0.5, 0.6) is 11.5 Å². The molecule has 1 amide bonds. The van der Waals surface area contributed by atoms with Crippen molar-refractivity contribution in [1.29, 1.82) is 0 Å². The van der Waals surface area contributed by atoms with Crippen LogP contribution in [0.4, 0.5) is 4.79 Å². The summed E-state index contributed by atoms with van der Waals surface area (Å²) in [7, 11) is 4.50. The maximum absolute atomic E-state index is 12.2. The Labute approximate surface area is 131 Å². The van der Waals surface area contributed by atoms with E-state index in [9.17, 15) is 9.59 Å². The van der Waals surface area contributed by atoms with E-state index in [4.69, 9.17) is 14.2 Å². The Morgan fingerprint density at radius 2 is 1.86 bits per heavy atom. The molecule has 0 heterocycles. The molecule has 0 aliphatic carbocycles. The van der Waals surface area contributed by atoms with Crippen LogP contribution in [-0.4, -0.2) is 44.1 Å². The van der Waals surface area contributed by atoms with Crippen molar-refractivity contribution in [2.75, 3.05) is 21.3 Å². The molecule has 1 atom stereocenters. The van der Waals surface area contributed by atoms with Crippen LogP contribution in [0.3, 0.4) is 0 Å². The minimum Gasteiger partial charge on any atom is -0.493 e. The summed E-state index contributed by atoms with van der Waals surface area (Å²) < 4.78 is 15.8. The van der Waals surface area contributed by atoms with E-state index in [1.54, 1.807) is 39.0 Å². The molecule has 0 spiro atoms. The van der Waals surface area contributed by atoms with Crippen molar-refractivity contribution in [2.45, 2.75) is 32.4 Å². The Bertz CT molecular complexity index is 536. The van der Waals surface area contributed by atoms with Crippen LogP contribution >= 0.6 is 0 Å². The van der Waals surface area contributed by atoms with Crippen LogP contribution in [0.25, 0.3) is 0 Å². The number of aldehydes is 1. The molecule has 0 N–H and O–H groups in total. The lowest BCUT2D eigenvalue weighted by molar-refractivity contribution is -0.112. The fraction of sp³-hybridized carbons (Fsp3) is 0.500. The van der Waals surface area contributed by atoms with Gasteiger partial charge in [0.25, 0.3) is 0 Å². The lowest BCUT2D eigenvalue weighted by atomic mass is 10.1. The van der Waals surface area contributed by atoms with Crippen LogP contribution in [0.1, 0.15) is 32.4 Å². The average Bonchev–Trinajstić information content (AvgIpc) is 2.45. The fourth-order valence-electron chi connectivity index (χ4n) is 1.97. The highest BCUT2D eigenvalue weighted by Gasteiger charge is 2.29. The Morgan fingerprint density at radius 3 is 2.32 bits per heavy atom. The number of likely N-dealkylation sites (N-methyl/N-ethyl adjacent to an activating group) is 1. The van der Waals surface area contributed by atoms with Gasteiger partial charge in [-0.2, -0.15) is 0 Å². The Kier molecular flexibility index (Phi) is 5.79. The first kappa shape index (κ1) is 17.8. The molecular formula is C16H23NO5. The normalized spacial score (nSPS) is 12.3. The van der Waals surface area contributed by atoms with Crippen molar-refractivity contribution in [2.24, 2.45) is 0 Å². The van der Waals surface area contributed by atoms with E-state index in [0.29, 0.717) is 23.3 Å². The van der Waals surface area contributed by atoms with Crippen LogP contribution in [0.2, 0.25) is 0 Å². The fourth-order valence-corrected chi connectivity index (χ4v) is 1.97. The molecule has 0 aliphatic heterocycles. The van der Waals surface area contributed by atoms with Crippen molar-refractivity contribution in [3.63, 3.8) is 0 Å². The standard InChI is InChI=1S/C16H23NO5/c1-16(2,3)22-15(19)17(4)12(10-18)11-8-7-9-13(20-5)14(11)21-6/h7-10,12H,1-6H3. The SMILES string of the molecule is COc1cccc(C(C=O)N(C)C(=O)OC(C)(C)C)c1OC. The largest absolute Gasteiger partial charge is 0.493 e. The Morgan fingerprint density at radius 1 is 1.23 bits per heavy atom. The molecular weight excluding hydrogens is 286 g/mol. The molecule has 1 rings (SSSR count). The van der Waals surface area contributed by atoms with E-state index in [2.05, 4.69) is 0 Å². The molecule has 0 saturated carbocycles. The van der Waals surface area contributed by atoms with E-state index in [-0.39, 0.29) is 0 Å². The number of ether oxygens (including phenoxy) is 3. The molecule has 1 aromatic carbocycles. The van der Waals surface area contributed by atoms with Gasteiger partial charge < -0.3 is 19.0 Å². The molecule has 0 radical (unpaired) electrons. The van der Waals surface area contributed by atoms with E-state index >= 15 is 0 Å². The third kappa shape index (κ3) is 4.13. The van der Waals surface area contributed by atoms with Gasteiger partial charge in [-0.25, -0.2) is 4.79 Å². The van der Waals surface area contributed by atoms with Gasteiger partial charge in [0, 0.05) is 12.6 Å². The highest BCUT2D eigenvalue weighted by atomic mass is 16.6. The maximum Gasteiger partial charge on any atom is 0.410 e. The first-order valence-electron chi connectivity index (χ1n) is 6.87. The number of rotatable bonds is 5. The number of para-hydroxylation sites is 1. The second-order valence-corrected chi connectivity index (χ2v) is 5.75. The summed E-state index contributed by atoms with van der Waals surface area (Å²) >= 11 is 0. The summed E-state index contributed by atoms with van der Waals surface area (Å²) in [6.07, 6.45) is 0.0794. The Balaban J connectivity index is 3.16. The first-order valence-corrected chi connectivity index (χ1v) is 6.87. The third-order valence-corrected chi connectivity index (χ3v) is 2.98. The quantitative estimate of drug-likeness (QED) is 0.783. The smallest absolute Gasteiger partial charge is 0.410 e. The summed E-state index contributed by atoms with van der Waals surface area (Å²) in [6, 6.07) is 4.33. The maximum atomic E-state index is 12.2. The monoisotopic (exact) mass is 309 g/mol. The minimum atomic E-state index is -0.833. The van der Waals surface area contributed by atoms with E-state index in [1.165, 1.54) is 26.2 Å². The van der Waals surface area contributed by atoms with Crippen LogP contribution in [-0.2, 0) is 9.53 Å². The molecule has 1 unspecified atom stereocenters. The van der Waals surface area contributed by atoms with Gasteiger partial charge in [-0.05, 0) is 26.8 Å². The summed E-state index contributed by atoms with van der Waals surface area (Å²) in [5.41, 5.74) is -0.109. The van der Waals surface area contributed by atoms with Crippen molar-refractivity contribution in [1.82, 2.24) is 4.90 Å². The van der Waals surface area contributed by atoms with Crippen molar-refractivity contribution in [3.05, 3.63) is 23.8 Å². The lowest BCUT2D eigenvalue weighted by Gasteiger charge is -2.29. The predicted molar refractivity (Wildman–Crippen MR) is 82.3 cm³/mol. The first-order chi connectivity index (χ1) is 10.2. The van der Waals surface area contributed by atoms with Crippen molar-refractivity contribution < 1.29 is 23.8 Å². The van der Waals surface area contributed by atoms with Gasteiger partial charge >= 0.3 is 6.09 Å². The van der Waals surface area contributed by atoms with Gasteiger partial charge in [0.2, 0.25) is 0 Å². The lowest BCUT2D eigenvalue weighted by Crippen LogP contribution is -2.37. The molecule has 6 nitrogen and oxygen atoms in total. The summed E-state index contributed by atoms with van der Waals surface area (Å²) in [5, 5.41) is 0. The summed E-state index contributed by atoms with van der Waals surface area (Å²) in [5.74, 6) is 0.905. The van der Waals surface area contributed by atoms with Crippen LogP contribution in [0, 0.1) is 0 Å². The zero-order valence-corrected chi connectivity index (χ0v) is 13.9. The van der Waals surface area contributed by atoms with E-state index in [0.717, 1.165) is 0 Å². The molecule has 22 heavy (non-hydrogen) atoms. The van der Waals surface area contributed by atoms with Gasteiger partial charge in [0.15, 0.2) is 11.5 Å². The second kappa shape index (κ2) is 7.15. The predicted octanol–water partition coefficient (Wildman–Crippen LogP) is 2.81. The second-order valence-electron chi connectivity index (χ2n) is 5.75. The highest BCUT2D eigenvalue weighted by molar-refractivity contribution is 5.76. The van der Waals surface area contributed by atoms with Crippen molar-refractivity contribution >= 4 is 12.4 Å². The van der Waals surface area contributed by atoms with Gasteiger partial charge in [-0.15, -0.1) is 0 Å². The number of carbonyl (C=O) groups is 2. The number of hydrogen-bond acceptors (Lipinski definition) is 5. The van der Waals surface area contributed by atoms with Crippen LogP contribution < -0.4 is 9.47 Å². The Hall–Kier alpha value is -2.24. The van der Waals surface area contributed by atoms with E-state index in [1.807, 2.05) is 0 Å². The topological polar surface area (TPSA) is 65.1 Å². The van der Waals surface area contributed by atoms with Gasteiger partial charge in [0.1, 0.15) is 17.9 Å². The average molecular weight is 309 g/mol. The molecule has 0 fully saturated rings. The number of hydrogen-bond donors (Lipinski definition) is 0. The van der Waals surface area contributed by atoms with Gasteiger partial charge in [-0.3, -0.25) is 4.90 Å². The molecule has 0 aromatic heterocycles. The minimum absolute atomic E-state index is 0.414. The molecule has 0 saturated heterocycles. The zero-order valence-electron chi connectivity index (χ0n) is 13.9. The molecule has 6 heteroatoms. The number of methoxy groups -OCH3 is 2. The van der Waals surface area contributed by atoms with E-state index < -0.39 is 17.7 Å². The van der Waals surface area contributed by atoms with Gasteiger partial charge in [0.05, 0.1) is 14.2 Å². The number of amides is 1. The number of carbonyl (C=O) groups excluding carboxylic acids is 2. The molecule has 122 valence electrons. The molecule has 1 aromatic rings.